The lowest BCUT2D eigenvalue weighted by atomic mass is 9.97. The van der Waals surface area contributed by atoms with Gasteiger partial charge in [-0.3, -0.25) is 4.79 Å². The van der Waals surface area contributed by atoms with E-state index in [4.69, 9.17) is 14.2 Å². The van der Waals surface area contributed by atoms with E-state index in [1.165, 1.54) is 0 Å². The first-order chi connectivity index (χ1) is 11.6. The van der Waals surface area contributed by atoms with Gasteiger partial charge < -0.3 is 19.1 Å². The van der Waals surface area contributed by atoms with E-state index in [2.05, 4.69) is 0 Å². The number of rotatable bonds is 3. The molecule has 6 heteroatoms. The Morgan fingerprint density at radius 2 is 1.83 bits per heavy atom. The Labute approximate surface area is 141 Å². The van der Waals surface area contributed by atoms with Gasteiger partial charge in [-0.15, -0.1) is 0 Å². The fourth-order valence-electron chi connectivity index (χ4n) is 3.35. The molecule has 6 nitrogen and oxygen atoms in total. The number of hydrogen-bond donors (Lipinski definition) is 0. The van der Waals surface area contributed by atoms with Crippen molar-refractivity contribution in [3.05, 3.63) is 24.3 Å². The molecule has 1 aromatic rings. The zero-order chi connectivity index (χ0) is 17.1. The minimum absolute atomic E-state index is 0.0839. The third-order valence-corrected chi connectivity index (χ3v) is 4.59. The van der Waals surface area contributed by atoms with Crippen LogP contribution in [0.3, 0.4) is 0 Å². The van der Waals surface area contributed by atoms with Gasteiger partial charge in [-0.1, -0.05) is 12.1 Å². The number of nitrogens with zero attached hydrogens (tertiary/aromatic N) is 1. The van der Waals surface area contributed by atoms with Crippen molar-refractivity contribution in [2.45, 2.75) is 51.3 Å². The predicted octanol–water partition coefficient (Wildman–Crippen LogP) is 2.16. The predicted molar refractivity (Wildman–Crippen MR) is 86.9 cm³/mol. The van der Waals surface area contributed by atoms with Crippen LogP contribution in [0, 0.1) is 0 Å². The third kappa shape index (κ3) is 3.47. The van der Waals surface area contributed by atoms with Crippen LogP contribution in [0.15, 0.2) is 24.3 Å². The Kier molecular flexibility index (Phi) is 4.92. The molecule has 3 rings (SSSR count). The van der Waals surface area contributed by atoms with Gasteiger partial charge in [0, 0.05) is 12.1 Å². The molecule has 1 aromatic carbocycles. The van der Waals surface area contributed by atoms with Gasteiger partial charge >= 0.3 is 5.97 Å². The summed E-state index contributed by atoms with van der Waals surface area (Å²) in [5, 5.41) is 0. The summed E-state index contributed by atoms with van der Waals surface area (Å²) in [6.07, 6.45) is 2.25. The van der Waals surface area contributed by atoms with Crippen molar-refractivity contribution in [1.29, 1.82) is 0 Å². The number of piperidine rings is 1. The zero-order valence-electron chi connectivity index (χ0n) is 14.1. The first kappa shape index (κ1) is 16.6. The lowest BCUT2D eigenvalue weighted by molar-refractivity contribution is -0.162. The summed E-state index contributed by atoms with van der Waals surface area (Å²) >= 11 is 0. The number of hydrogen-bond acceptors (Lipinski definition) is 5. The topological polar surface area (TPSA) is 65.1 Å². The summed E-state index contributed by atoms with van der Waals surface area (Å²) in [7, 11) is 0. The van der Waals surface area contributed by atoms with Crippen LogP contribution in [0.1, 0.15) is 33.1 Å². The van der Waals surface area contributed by atoms with E-state index >= 15 is 0 Å². The highest BCUT2D eigenvalue weighted by Crippen LogP contribution is 2.31. The number of carbonyl (C=O) groups is 2. The highest BCUT2D eigenvalue weighted by Gasteiger charge is 2.32. The van der Waals surface area contributed by atoms with Crippen LogP contribution in [0.5, 0.6) is 11.5 Å². The molecular formula is C18H23NO5. The molecule has 0 aromatic heterocycles. The van der Waals surface area contributed by atoms with Crippen molar-refractivity contribution in [2.75, 3.05) is 13.2 Å². The molecular weight excluding hydrogens is 310 g/mol. The van der Waals surface area contributed by atoms with Crippen LogP contribution in [0.2, 0.25) is 0 Å². The van der Waals surface area contributed by atoms with Crippen LogP contribution in [0.25, 0.3) is 0 Å². The van der Waals surface area contributed by atoms with Gasteiger partial charge in [-0.25, -0.2) is 4.79 Å². The molecule has 130 valence electrons. The van der Waals surface area contributed by atoms with Crippen LogP contribution in [0.4, 0.5) is 0 Å². The molecule has 0 aliphatic carbocycles. The van der Waals surface area contributed by atoms with E-state index in [1.807, 2.05) is 24.8 Å². The molecule has 1 amide bonds. The fourth-order valence-corrected chi connectivity index (χ4v) is 3.35. The van der Waals surface area contributed by atoms with Crippen molar-refractivity contribution in [3.8, 4) is 11.5 Å². The van der Waals surface area contributed by atoms with Crippen molar-refractivity contribution in [2.24, 2.45) is 0 Å². The number of benzene rings is 1. The monoisotopic (exact) mass is 333 g/mol. The van der Waals surface area contributed by atoms with Gasteiger partial charge in [0.15, 0.2) is 18.1 Å². The maximum Gasteiger partial charge on any atom is 0.351 e. The number of ether oxygens (including phenoxy) is 3. The number of likely N-dealkylation sites (tertiary alicyclic amines) is 1. The second-order valence-electron chi connectivity index (χ2n) is 6.40. The Hall–Kier alpha value is -2.24. The molecule has 1 fully saturated rings. The van der Waals surface area contributed by atoms with Gasteiger partial charge in [0.25, 0.3) is 5.91 Å². The van der Waals surface area contributed by atoms with Gasteiger partial charge in [-0.05, 0) is 45.2 Å². The molecule has 0 radical (unpaired) electrons. The second-order valence-corrected chi connectivity index (χ2v) is 6.40. The van der Waals surface area contributed by atoms with Gasteiger partial charge in [0.05, 0.1) is 0 Å². The summed E-state index contributed by atoms with van der Waals surface area (Å²) < 4.78 is 16.3. The van der Waals surface area contributed by atoms with E-state index in [9.17, 15) is 9.59 Å². The first-order valence-corrected chi connectivity index (χ1v) is 8.42. The summed E-state index contributed by atoms with van der Waals surface area (Å²) in [6.45, 7) is 3.89. The molecule has 0 bridgehead atoms. The SMILES string of the molecule is C[C@H]1CCC[C@H](C)N1C(=O)COC(=O)[C@@H]1COc2ccccc2O1. The Morgan fingerprint density at radius 3 is 2.54 bits per heavy atom. The molecule has 0 N–H and O–H groups in total. The van der Waals surface area contributed by atoms with Gasteiger partial charge in [0.2, 0.25) is 6.10 Å². The Balaban J connectivity index is 1.53. The van der Waals surface area contributed by atoms with Crippen LogP contribution in [-0.2, 0) is 14.3 Å². The first-order valence-electron chi connectivity index (χ1n) is 8.42. The number of para-hydroxylation sites is 2. The molecule has 1 saturated heterocycles. The van der Waals surface area contributed by atoms with Crippen molar-refractivity contribution in [3.63, 3.8) is 0 Å². The second kappa shape index (κ2) is 7.11. The van der Waals surface area contributed by atoms with Crippen molar-refractivity contribution < 1.29 is 23.8 Å². The third-order valence-electron chi connectivity index (χ3n) is 4.59. The Bertz CT molecular complexity index is 607. The van der Waals surface area contributed by atoms with Crippen molar-refractivity contribution >= 4 is 11.9 Å². The molecule has 24 heavy (non-hydrogen) atoms. The zero-order valence-corrected chi connectivity index (χ0v) is 14.1. The minimum Gasteiger partial charge on any atom is -0.485 e. The number of esters is 1. The van der Waals surface area contributed by atoms with E-state index in [0.29, 0.717) is 11.5 Å². The molecule has 3 atom stereocenters. The molecule has 2 aliphatic heterocycles. The summed E-state index contributed by atoms with van der Waals surface area (Å²) in [5.74, 6) is 0.388. The smallest absolute Gasteiger partial charge is 0.351 e. The maximum atomic E-state index is 12.4. The summed E-state index contributed by atoms with van der Waals surface area (Å²) in [5.41, 5.74) is 0. The summed E-state index contributed by atoms with van der Waals surface area (Å²) in [4.78, 5) is 26.4. The van der Waals surface area contributed by atoms with E-state index in [1.54, 1.807) is 18.2 Å². The minimum atomic E-state index is -0.844. The van der Waals surface area contributed by atoms with E-state index in [-0.39, 0.29) is 31.2 Å². The highest BCUT2D eigenvalue weighted by atomic mass is 16.6. The largest absolute Gasteiger partial charge is 0.485 e. The van der Waals surface area contributed by atoms with Gasteiger partial charge in [0.1, 0.15) is 6.61 Å². The lowest BCUT2D eigenvalue weighted by Crippen LogP contribution is -2.49. The maximum absolute atomic E-state index is 12.4. The molecule has 0 unspecified atom stereocenters. The quantitative estimate of drug-likeness (QED) is 0.793. The molecule has 2 aliphatic rings. The Morgan fingerprint density at radius 1 is 1.17 bits per heavy atom. The summed E-state index contributed by atoms with van der Waals surface area (Å²) in [6, 6.07) is 7.51. The van der Waals surface area contributed by atoms with Crippen LogP contribution < -0.4 is 9.47 Å². The van der Waals surface area contributed by atoms with Crippen LogP contribution >= 0.6 is 0 Å². The fraction of sp³-hybridized carbons (Fsp3) is 0.556. The number of amides is 1. The van der Waals surface area contributed by atoms with E-state index < -0.39 is 12.1 Å². The highest BCUT2D eigenvalue weighted by molar-refractivity contribution is 5.83. The average Bonchev–Trinajstić information content (AvgIpc) is 2.59. The van der Waals surface area contributed by atoms with Crippen molar-refractivity contribution in [1.82, 2.24) is 4.90 Å². The lowest BCUT2D eigenvalue weighted by Gasteiger charge is -2.39. The molecule has 0 spiro atoms. The number of carbonyl (C=O) groups excluding carboxylic acids is 2. The molecule has 2 heterocycles. The molecule has 0 saturated carbocycles. The van der Waals surface area contributed by atoms with Gasteiger partial charge in [-0.2, -0.15) is 0 Å². The standard InChI is InChI=1S/C18H23NO5/c1-12-6-5-7-13(2)19(12)17(20)11-23-18(21)16-10-22-14-8-3-4-9-15(14)24-16/h3-4,8-9,12-13,16H,5-7,10-11H2,1-2H3/t12-,13-,16-/m0/s1. The normalized spacial score (nSPS) is 25.9. The average molecular weight is 333 g/mol. The van der Waals surface area contributed by atoms with E-state index in [0.717, 1.165) is 19.3 Å². The van der Waals surface area contributed by atoms with Crippen LogP contribution in [-0.4, -0.2) is 48.2 Å². The number of fused-ring (bicyclic) bond motifs is 1.